The minimum Gasteiger partial charge on any atom is -0.465 e. The average molecular weight is 377 g/mol. The second-order valence-electron chi connectivity index (χ2n) is 7.21. The van der Waals surface area contributed by atoms with Crippen molar-refractivity contribution in [2.45, 2.75) is 26.9 Å². The van der Waals surface area contributed by atoms with Gasteiger partial charge in [0.1, 0.15) is 16.5 Å². The van der Waals surface area contributed by atoms with E-state index in [4.69, 9.17) is 14.9 Å². The zero-order valence-electron chi connectivity index (χ0n) is 14.9. The van der Waals surface area contributed by atoms with E-state index in [2.05, 4.69) is 26.5 Å². The molecule has 0 unspecified atom stereocenters. The number of nitrogens with two attached hydrogens (primary N) is 1. The van der Waals surface area contributed by atoms with Gasteiger partial charge in [-0.25, -0.2) is 0 Å². The number of amides is 1. The van der Waals surface area contributed by atoms with E-state index in [0.717, 1.165) is 23.6 Å². The Kier molecular flexibility index (Phi) is 4.45. The highest BCUT2D eigenvalue weighted by molar-refractivity contribution is 7.15. The van der Waals surface area contributed by atoms with Crippen LogP contribution in [0.4, 0.5) is 5.13 Å². The van der Waals surface area contributed by atoms with Crippen LogP contribution in [0.2, 0.25) is 0 Å². The van der Waals surface area contributed by atoms with Gasteiger partial charge in [-0.15, -0.1) is 10.2 Å². The number of carbonyl (C=O) groups is 1. The number of fused-ring (bicyclic) bond motifs is 1. The number of nitrogens with zero attached hydrogens (tertiary/aromatic N) is 3. The predicted molar refractivity (Wildman–Crippen MR) is 96.4 cm³/mol. The van der Waals surface area contributed by atoms with Gasteiger partial charge in [-0.05, 0) is 25.5 Å². The molecule has 140 valence electrons. The molecule has 2 fully saturated rings. The molecule has 2 saturated heterocycles. The third-order valence-corrected chi connectivity index (χ3v) is 6.13. The molecule has 2 aliphatic rings. The van der Waals surface area contributed by atoms with E-state index in [1.807, 2.05) is 13.8 Å². The van der Waals surface area contributed by atoms with Crippen LogP contribution in [0, 0.1) is 25.2 Å². The van der Waals surface area contributed by atoms with Crippen LogP contribution in [0.25, 0.3) is 0 Å². The summed E-state index contributed by atoms with van der Waals surface area (Å²) < 4.78 is 11.5. The molecule has 9 heteroatoms. The Labute approximate surface area is 155 Å². The minimum absolute atomic E-state index is 0.0167. The molecule has 0 aliphatic carbocycles. The number of nitrogen functional groups attached to an aromatic ring is 1. The lowest BCUT2D eigenvalue weighted by Crippen LogP contribution is -2.46. The van der Waals surface area contributed by atoms with Gasteiger partial charge >= 0.3 is 0 Å². The standard InChI is InChI=1S/C17H23N5O3S/c1-10-3-13(25-11(10)2)6-22-5-12-7-24-9-17(12,8-22)15(23)19-4-14-20-21-16(18)26-14/h3,12H,4-9H2,1-2H3,(H2,18,21)(H,19,23)/t12-,17-/m1/s1. The highest BCUT2D eigenvalue weighted by atomic mass is 32.1. The Morgan fingerprint density at radius 2 is 2.35 bits per heavy atom. The minimum atomic E-state index is -0.507. The molecule has 0 radical (unpaired) electrons. The molecule has 4 rings (SSSR count). The van der Waals surface area contributed by atoms with Gasteiger partial charge in [0.15, 0.2) is 0 Å². The van der Waals surface area contributed by atoms with E-state index in [9.17, 15) is 4.79 Å². The number of aromatic nitrogens is 2. The molecular weight excluding hydrogens is 354 g/mol. The Balaban J connectivity index is 1.42. The van der Waals surface area contributed by atoms with Crippen molar-refractivity contribution in [3.8, 4) is 0 Å². The molecule has 0 saturated carbocycles. The van der Waals surface area contributed by atoms with Gasteiger partial charge in [0.25, 0.3) is 0 Å². The first kappa shape index (κ1) is 17.4. The molecule has 2 aliphatic heterocycles. The summed E-state index contributed by atoms with van der Waals surface area (Å²) in [6, 6.07) is 2.08. The van der Waals surface area contributed by atoms with Crippen molar-refractivity contribution in [2.75, 3.05) is 32.0 Å². The Bertz CT molecular complexity index is 800. The second kappa shape index (κ2) is 6.64. The van der Waals surface area contributed by atoms with Crippen LogP contribution >= 0.6 is 11.3 Å². The molecule has 26 heavy (non-hydrogen) atoms. The normalized spacial score (nSPS) is 25.5. The Morgan fingerprint density at radius 1 is 1.50 bits per heavy atom. The molecule has 0 aromatic carbocycles. The lowest BCUT2D eigenvalue weighted by atomic mass is 9.80. The highest BCUT2D eigenvalue weighted by Gasteiger charge is 2.55. The fourth-order valence-electron chi connectivity index (χ4n) is 3.90. The van der Waals surface area contributed by atoms with Crippen molar-refractivity contribution in [1.82, 2.24) is 20.4 Å². The van der Waals surface area contributed by atoms with Gasteiger partial charge < -0.3 is 20.2 Å². The van der Waals surface area contributed by atoms with Crippen molar-refractivity contribution in [3.05, 3.63) is 28.2 Å². The summed E-state index contributed by atoms with van der Waals surface area (Å²) in [7, 11) is 0. The summed E-state index contributed by atoms with van der Waals surface area (Å²) in [4.78, 5) is 15.3. The van der Waals surface area contributed by atoms with Gasteiger partial charge in [-0.1, -0.05) is 11.3 Å². The third-order valence-electron chi connectivity index (χ3n) is 5.38. The first-order chi connectivity index (χ1) is 12.5. The molecule has 2 atom stereocenters. The van der Waals surface area contributed by atoms with Gasteiger partial charge in [0.05, 0.1) is 31.7 Å². The molecular formula is C17H23N5O3S. The monoisotopic (exact) mass is 377 g/mol. The summed E-state index contributed by atoms with van der Waals surface area (Å²) >= 11 is 1.29. The summed E-state index contributed by atoms with van der Waals surface area (Å²) in [6.45, 7) is 7.65. The molecule has 1 amide bonds. The van der Waals surface area contributed by atoms with Crippen LogP contribution in [-0.4, -0.2) is 47.3 Å². The van der Waals surface area contributed by atoms with Gasteiger partial charge in [-0.2, -0.15) is 0 Å². The number of carbonyl (C=O) groups excluding carboxylic acids is 1. The third kappa shape index (κ3) is 3.10. The van der Waals surface area contributed by atoms with Crippen LogP contribution in [0.1, 0.15) is 22.1 Å². The molecule has 2 aromatic rings. The molecule has 0 bridgehead atoms. The number of hydrogen-bond donors (Lipinski definition) is 2. The lowest BCUT2D eigenvalue weighted by Gasteiger charge is -2.25. The highest BCUT2D eigenvalue weighted by Crippen LogP contribution is 2.42. The Morgan fingerprint density at radius 3 is 3.04 bits per heavy atom. The fourth-order valence-corrected chi connectivity index (χ4v) is 4.45. The zero-order valence-corrected chi connectivity index (χ0v) is 15.8. The molecule has 2 aromatic heterocycles. The number of ether oxygens (including phenoxy) is 1. The maximum Gasteiger partial charge on any atom is 0.230 e. The molecule has 0 spiro atoms. The topological polar surface area (TPSA) is 107 Å². The zero-order chi connectivity index (χ0) is 18.3. The van der Waals surface area contributed by atoms with Crippen LogP contribution in [0.5, 0.6) is 0 Å². The van der Waals surface area contributed by atoms with E-state index >= 15 is 0 Å². The van der Waals surface area contributed by atoms with Crippen molar-refractivity contribution in [1.29, 1.82) is 0 Å². The van der Waals surface area contributed by atoms with Crippen LogP contribution in [-0.2, 0) is 22.6 Å². The first-order valence-corrected chi connectivity index (χ1v) is 9.50. The number of likely N-dealkylation sites (tertiary alicyclic amines) is 1. The number of anilines is 1. The van der Waals surface area contributed by atoms with E-state index in [1.54, 1.807) is 0 Å². The number of rotatable bonds is 5. The molecule has 4 heterocycles. The molecule has 8 nitrogen and oxygen atoms in total. The maximum absolute atomic E-state index is 13.0. The van der Waals surface area contributed by atoms with E-state index in [1.165, 1.54) is 11.3 Å². The Hall–Kier alpha value is -1.97. The summed E-state index contributed by atoms with van der Waals surface area (Å²) in [6.07, 6.45) is 0. The largest absolute Gasteiger partial charge is 0.465 e. The number of nitrogens with one attached hydrogen (secondary N) is 1. The predicted octanol–water partition coefficient (Wildman–Crippen LogP) is 1.09. The number of hydrogen-bond acceptors (Lipinski definition) is 8. The van der Waals surface area contributed by atoms with Crippen LogP contribution < -0.4 is 11.1 Å². The molecule has 3 N–H and O–H groups in total. The number of furan rings is 1. The number of aryl methyl sites for hydroxylation is 2. The lowest BCUT2D eigenvalue weighted by molar-refractivity contribution is -0.131. The van der Waals surface area contributed by atoms with Crippen molar-refractivity contribution in [3.63, 3.8) is 0 Å². The summed E-state index contributed by atoms with van der Waals surface area (Å²) in [5.74, 6) is 2.11. The summed E-state index contributed by atoms with van der Waals surface area (Å²) in [5.41, 5.74) is 6.24. The van der Waals surface area contributed by atoms with Gasteiger partial charge in [0.2, 0.25) is 11.0 Å². The second-order valence-corrected chi connectivity index (χ2v) is 8.30. The van der Waals surface area contributed by atoms with E-state index < -0.39 is 5.41 Å². The van der Waals surface area contributed by atoms with Crippen LogP contribution in [0.15, 0.2) is 10.5 Å². The quantitative estimate of drug-likeness (QED) is 0.803. The van der Waals surface area contributed by atoms with Gasteiger partial charge in [-0.3, -0.25) is 9.69 Å². The summed E-state index contributed by atoms with van der Waals surface area (Å²) in [5, 5.41) is 11.8. The van der Waals surface area contributed by atoms with Crippen molar-refractivity contribution < 1.29 is 13.9 Å². The fraction of sp³-hybridized carbons (Fsp3) is 0.588. The van der Waals surface area contributed by atoms with E-state index in [-0.39, 0.29) is 11.8 Å². The maximum atomic E-state index is 13.0. The van der Waals surface area contributed by atoms with Crippen LogP contribution in [0.3, 0.4) is 0 Å². The SMILES string of the molecule is Cc1cc(CN2C[C@@H]3COC[C@]3(C(=O)NCc3nnc(N)s3)C2)oc1C. The van der Waals surface area contributed by atoms with Gasteiger partial charge in [0, 0.05) is 19.0 Å². The van der Waals surface area contributed by atoms with Crippen molar-refractivity contribution in [2.24, 2.45) is 11.3 Å². The average Bonchev–Trinajstić information content (AvgIpc) is 3.31. The first-order valence-electron chi connectivity index (χ1n) is 8.68. The van der Waals surface area contributed by atoms with Crippen molar-refractivity contribution >= 4 is 22.4 Å². The van der Waals surface area contributed by atoms with E-state index in [0.29, 0.717) is 43.0 Å². The smallest absolute Gasteiger partial charge is 0.230 e.